The highest BCUT2D eigenvalue weighted by molar-refractivity contribution is 5.85. The van der Waals surface area contributed by atoms with Crippen LogP contribution in [-0.2, 0) is 9.59 Å². The highest BCUT2D eigenvalue weighted by Crippen LogP contribution is 2.49. The lowest BCUT2D eigenvalue weighted by Crippen LogP contribution is -2.46. The summed E-state index contributed by atoms with van der Waals surface area (Å²) >= 11 is 0. The number of hydrogen-bond acceptors (Lipinski definition) is 3. The Labute approximate surface area is 139 Å². The second kappa shape index (κ2) is 8.73. The van der Waals surface area contributed by atoms with Gasteiger partial charge in [-0.3, -0.25) is 14.5 Å². The maximum Gasteiger partial charge on any atom is 0.317 e. The number of hydrogen-bond donors (Lipinski definition) is 2. The molecule has 5 nitrogen and oxygen atoms in total. The highest BCUT2D eigenvalue weighted by atomic mass is 35.5. The van der Waals surface area contributed by atoms with Gasteiger partial charge >= 0.3 is 5.97 Å². The fourth-order valence-corrected chi connectivity index (χ4v) is 4.24. The summed E-state index contributed by atoms with van der Waals surface area (Å²) in [6, 6.07) is 0.209. The summed E-state index contributed by atoms with van der Waals surface area (Å²) in [4.78, 5) is 24.6. The summed E-state index contributed by atoms with van der Waals surface area (Å²) < 4.78 is 0. The number of nitrogens with zero attached hydrogens (tertiary/aromatic N) is 1. The van der Waals surface area contributed by atoms with E-state index in [9.17, 15) is 9.59 Å². The Morgan fingerprint density at radius 1 is 1.27 bits per heavy atom. The van der Waals surface area contributed by atoms with Gasteiger partial charge in [0.2, 0.25) is 5.91 Å². The first kappa shape index (κ1) is 19.2. The van der Waals surface area contributed by atoms with Crippen molar-refractivity contribution in [3.8, 4) is 0 Å². The molecule has 22 heavy (non-hydrogen) atoms. The van der Waals surface area contributed by atoms with Crippen LogP contribution in [0.3, 0.4) is 0 Å². The molecule has 2 saturated carbocycles. The van der Waals surface area contributed by atoms with E-state index in [0.29, 0.717) is 12.5 Å². The Hall–Kier alpha value is -0.810. The van der Waals surface area contributed by atoms with Crippen molar-refractivity contribution in [3.63, 3.8) is 0 Å². The standard InChI is InChI=1S/C16H28N2O3.ClH/c1-3-6-18(10-16(20)21)9-15(19)17-11(2)14-8-12-4-5-13(14)7-12;/h11-14H,3-10H2,1-2H3,(H,17,19)(H,20,21);1H. The zero-order chi connectivity index (χ0) is 15.4. The first-order valence-corrected chi connectivity index (χ1v) is 8.23. The van der Waals surface area contributed by atoms with Crippen LogP contribution in [-0.4, -0.2) is 47.6 Å². The molecule has 0 aromatic rings. The Balaban J connectivity index is 0.00000242. The molecule has 6 heteroatoms. The molecule has 128 valence electrons. The second-order valence-corrected chi connectivity index (χ2v) is 6.80. The van der Waals surface area contributed by atoms with Crippen molar-refractivity contribution >= 4 is 24.3 Å². The van der Waals surface area contributed by atoms with E-state index in [-0.39, 0.29) is 37.4 Å². The Morgan fingerprint density at radius 2 is 2.00 bits per heavy atom. The van der Waals surface area contributed by atoms with E-state index in [1.807, 2.05) is 6.92 Å². The van der Waals surface area contributed by atoms with Crippen LogP contribution in [0.1, 0.15) is 46.0 Å². The van der Waals surface area contributed by atoms with Crippen molar-refractivity contribution in [2.45, 2.75) is 52.0 Å². The molecule has 4 unspecified atom stereocenters. The topological polar surface area (TPSA) is 69.6 Å². The number of halogens is 1. The number of rotatable bonds is 8. The number of aliphatic carboxylic acids is 1. The van der Waals surface area contributed by atoms with Crippen LogP contribution in [0.25, 0.3) is 0 Å². The van der Waals surface area contributed by atoms with Gasteiger partial charge in [-0.1, -0.05) is 13.3 Å². The van der Waals surface area contributed by atoms with Crippen molar-refractivity contribution in [3.05, 3.63) is 0 Å². The molecule has 4 atom stereocenters. The third-order valence-corrected chi connectivity index (χ3v) is 5.09. The van der Waals surface area contributed by atoms with E-state index in [2.05, 4.69) is 12.2 Å². The minimum atomic E-state index is -0.877. The third-order valence-electron chi connectivity index (χ3n) is 5.09. The molecule has 0 saturated heterocycles. The summed E-state index contributed by atoms with van der Waals surface area (Å²) in [7, 11) is 0. The Kier molecular flexibility index (Phi) is 7.63. The maximum absolute atomic E-state index is 12.1. The molecular weight excluding hydrogens is 304 g/mol. The summed E-state index contributed by atoms with van der Waals surface area (Å²) in [5.41, 5.74) is 0. The van der Waals surface area contributed by atoms with Crippen molar-refractivity contribution < 1.29 is 14.7 Å². The molecule has 2 N–H and O–H groups in total. The SMILES string of the molecule is CCCN(CC(=O)O)CC(=O)NC(C)C1CC2CCC1C2.Cl. The zero-order valence-corrected chi connectivity index (χ0v) is 14.4. The number of carbonyl (C=O) groups is 2. The van der Waals surface area contributed by atoms with Gasteiger partial charge in [0.05, 0.1) is 13.1 Å². The van der Waals surface area contributed by atoms with Gasteiger partial charge in [0, 0.05) is 6.04 Å². The summed E-state index contributed by atoms with van der Waals surface area (Å²) in [5, 5.41) is 12.0. The number of carbonyl (C=O) groups excluding carboxylic acids is 1. The smallest absolute Gasteiger partial charge is 0.317 e. The number of carboxylic acid groups (broad SMARTS) is 1. The quantitative estimate of drug-likeness (QED) is 0.714. The molecule has 0 radical (unpaired) electrons. The largest absolute Gasteiger partial charge is 0.480 e. The third kappa shape index (κ3) is 5.13. The number of fused-ring (bicyclic) bond motifs is 2. The van der Waals surface area contributed by atoms with Crippen LogP contribution >= 0.6 is 12.4 Å². The number of nitrogens with one attached hydrogen (secondary N) is 1. The molecule has 2 aliphatic carbocycles. The van der Waals surface area contributed by atoms with Gasteiger partial charge in [0.15, 0.2) is 0 Å². The molecular formula is C16H29ClN2O3. The lowest BCUT2D eigenvalue weighted by atomic mass is 9.84. The maximum atomic E-state index is 12.1. The van der Waals surface area contributed by atoms with E-state index in [0.717, 1.165) is 18.3 Å². The van der Waals surface area contributed by atoms with Gasteiger partial charge < -0.3 is 10.4 Å². The molecule has 0 aromatic carbocycles. The Bertz CT molecular complexity index is 392. The van der Waals surface area contributed by atoms with E-state index in [1.54, 1.807) is 4.90 Å². The average molecular weight is 333 g/mol. The van der Waals surface area contributed by atoms with Gasteiger partial charge in [-0.25, -0.2) is 0 Å². The van der Waals surface area contributed by atoms with Crippen LogP contribution in [0.4, 0.5) is 0 Å². The van der Waals surface area contributed by atoms with Gasteiger partial charge in [0.1, 0.15) is 0 Å². The monoisotopic (exact) mass is 332 g/mol. The Morgan fingerprint density at radius 3 is 2.50 bits per heavy atom. The summed E-state index contributed by atoms with van der Waals surface area (Å²) in [5.74, 6) is 1.36. The van der Waals surface area contributed by atoms with Gasteiger partial charge in [-0.2, -0.15) is 0 Å². The van der Waals surface area contributed by atoms with Crippen molar-refractivity contribution in [2.24, 2.45) is 17.8 Å². The van der Waals surface area contributed by atoms with Crippen LogP contribution in [0.2, 0.25) is 0 Å². The molecule has 2 bridgehead atoms. The van der Waals surface area contributed by atoms with Gasteiger partial charge in [-0.15, -0.1) is 12.4 Å². The molecule has 0 heterocycles. The van der Waals surface area contributed by atoms with E-state index in [1.165, 1.54) is 25.7 Å². The van der Waals surface area contributed by atoms with Crippen LogP contribution in [0, 0.1) is 17.8 Å². The van der Waals surface area contributed by atoms with E-state index < -0.39 is 5.97 Å². The molecule has 2 rings (SSSR count). The fourth-order valence-electron chi connectivity index (χ4n) is 4.24. The van der Waals surface area contributed by atoms with Crippen LogP contribution < -0.4 is 5.32 Å². The van der Waals surface area contributed by atoms with Crippen molar-refractivity contribution in [1.29, 1.82) is 0 Å². The van der Waals surface area contributed by atoms with Crippen LogP contribution in [0.5, 0.6) is 0 Å². The van der Waals surface area contributed by atoms with Crippen molar-refractivity contribution in [1.82, 2.24) is 10.2 Å². The first-order chi connectivity index (χ1) is 9.99. The molecule has 1 amide bonds. The highest BCUT2D eigenvalue weighted by Gasteiger charge is 2.42. The summed E-state index contributed by atoms with van der Waals surface area (Å²) in [6.45, 7) is 4.85. The normalized spacial score (nSPS) is 27.5. The van der Waals surface area contributed by atoms with Gasteiger partial charge in [-0.05, 0) is 56.9 Å². The minimum absolute atomic E-state index is 0. The van der Waals surface area contributed by atoms with E-state index in [4.69, 9.17) is 5.11 Å². The second-order valence-electron chi connectivity index (χ2n) is 6.80. The predicted molar refractivity (Wildman–Crippen MR) is 88.2 cm³/mol. The predicted octanol–water partition coefficient (Wildman–Crippen LogP) is 2.15. The van der Waals surface area contributed by atoms with Crippen molar-refractivity contribution in [2.75, 3.05) is 19.6 Å². The average Bonchev–Trinajstić information content (AvgIpc) is 3.00. The number of carboxylic acids is 1. The van der Waals surface area contributed by atoms with E-state index >= 15 is 0 Å². The molecule has 0 spiro atoms. The zero-order valence-electron chi connectivity index (χ0n) is 13.6. The number of amides is 1. The first-order valence-electron chi connectivity index (χ1n) is 8.23. The molecule has 0 aromatic heterocycles. The fraction of sp³-hybridized carbons (Fsp3) is 0.875. The molecule has 2 fully saturated rings. The molecule has 2 aliphatic rings. The lowest BCUT2D eigenvalue weighted by Gasteiger charge is -2.29. The minimum Gasteiger partial charge on any atom is -0.480 e. The van der Waals surface area contributed by atoms with Crippen LogP contribution in [0.15, 0.2) is 0 Å². The lowest BCUT2D eigenvalue weighted by molar-refractivity contribution is -0.138. The molecule has 0 aliphatic heterocycles. The van der Waals surface area contributed by atoms with Gasteiger partial charge in [0.25, 0.3) is 0 Å². The summed E-state index contributed by atoms with van der Waals surface area (Å²) in [6.07, 6.45) is 6.12.